The van der Waals surface area contributed by atoms with Crippen LogP contribution in [0.3, 0.4) is 0 Å². The smallest absolute Gasteiger partial charge is 0.412 e. The van der Waals surface area contributed by atoms with Crippen LogP contribution in [0.15, 0.2) is 41.1 Å². The SMILES string of the molecule is Cc1nocc1NC(=O)O[C@H](C)c1ccccc1. The van der Waals surface area contributed by atoms with Gasteiger partial charge in [0.15, 0.2) is 0 Å². The molecule has 0 fully saturated rings. The molecule has 0 aliphatic carbocycles. The van der Waals surface area contributed by atoms with Gasteiger partial charge >= 0.3 is 6.09 Å². The summed E-state index contributed by atoms with van der Waals surface area (Å²) in [4.78, 5) is 11.6. The molecule has 94 valence electrons. The van der Waals surface area contributed by atoms with E-state index in [1.165, 1.54) is 6.26 Å². The molecule has 0 saturated heterocycles. The Morgan fingerprint density at radius 2 is 2.11 bits per heavy atom. The molecule has 0 radical (unpaired) electrons. The Morgan fingerprint density at radius 3 is 2.72 bits per heavy atom. The number of hydrogen-bond donors (Lipinski definition) is 1. The summed E-state index contributed by atoms with van der Waals surface area (Å²) in [6, 6.07) is 9.52. The first-order valence-corrected chi connectivity index (χ1v) is 5.60. The molecule has 2 rings (SSSR count). The van der Waals surface area contributed by atoms with Crippen molar-refractivity contribution < 1.29 is 14.1 Å². The van der Waals surface area contributed by atoms with Crippen molar-refractivity contribution in [3.05, 3.63) is 47.9 Å². The number of aryl methyl sites for hydroxylation is 1. The Bertz CT molecular complexity index is 522. The van der Waals surface area contributed by atoms with Crippen molar-refractivity contribution in [3.8, 4) is 0 Å². The van der Waals surface area contributed by atoms with E-state index in [1.807, 2.05) is 37.3 Å². The monoisotopic (exact) mass is 246 g/mol. The third-order valence-electron chi connectivity index (χ3n) is 2.54. The molecule has 0 spiro atoms. The second kappa shape index (κ2) is 5.35. The van der Waals surface area contributed by atoms with Gasteiger partial charge in [-0.2, -0.15) is 0 Å². The fraction of sp³-hybridized carbons (Fsp3) is 0.231. The molecule has 1 atom stereocenters. The molecular formula is C13H14N2O3. The average Bonchev–Trinajstić information content (AvgIpc) is 2.76. The highest BCUT2D eigenvalue weighted by Gasteiger charge is 2.13. The third kappa shape index (κ3) is 2.88. The lowest BCUT2D eigenvalue weighted by molar-refractivity contribution is 0.121. The van der Waals surface area contributed by atoms with Crippen LogP contribution in [0, 0.1) is 6.92 Å². The van der Waals surface area contributed by atoms with E-state index in [9.17, 15) is 4.79 Å². The van der Waals surface area contributed by atoms with E-state index in [4.69, 9.17) is 9.26 Å². The number of carbonyl (C=O) groups is 1. The first-order chi connectivity index (χ1) is 8.66. The molecule has 18 heavy (non-hydrogen) atoms. The molecule has 1 N–H and O–H groups in total. The highest BCUT2D eigenvalue weighted by atomic mass is 16.6. The summed E-state index contributed by atoms with van der Waals surface area (Å²) in [5, 5.41) is 6.24. The summed E-state index contributed by atoms with van der Waals surface area (Å²) in [5.41, 5.74) is 2.06. The van der Waals surface area contributed by atoms with E-state index in [2.05, 4.69) is 10.5 Å². The molecule has 5 heteroatoms. The number of nitrogens with zero attached hydrogens (tertiary/aromatic N) is 1. The standard InChI is InChI=1S/C13H14N2O3/c1-9-12(8-17-15-9)14-13(16)18-10(2)11-6-4-3-5-7-11/h3-8,10H,1-2H3,(H,14,16)/t10-/m1/s1. The summed E-state index contributed by atoms with van der Waals surface area (Å²) >= 11 is 0. The lowest BCUT2D eigenvalue weighted by atomic mass is 10.1. The Kier molecular flexibility index (Phi) is 3.62. The summed E-state index contributed by atoms with van der Waals surface area (Å²) in [7, 11) is 0. The Morgan fingerprint density at radius 1 is 1.39 bits per heavy atom. The van der Waals surface area contributed by atoms with Crippen LogP contribution in [0.25, 0.3) is 0 Å². The van der Waals surface area contributed by atoms with Crippen molar-refractivity contribution in [2.75, 3.05) is 5.32 Å². The number of ether oxygens (including phenoxy) is 1. The van der Waals surface area contributed by atoms with Gasteiger partial charge < -0.3 is 9.26 Å². The highest BCUT2D eigenvalue weighted by Crippen LogP contribution is 2.18. The number of hydrogen-bond acceptors (Lipinski definition) is 4. The molecule has 5 nitrogen and oxygen atoms in total. The lowest BCUT2D eigenvalue weighted by Crippen LogP contribution is -2.16. The molecular weight excluding hydrogens is 232 g/mol. The van der Waals surface area contributed by atoms with E-state index >= 15 is 0 Å². The zero-order chi connectivity index (χ0) is 13.0. The minimum atomic E-state index is -0.530. The maximum atomic E-state index is 11.6. The number of amides is 1. The molecule has 0 unspecified atom stereocenters. The van der Waals surface area contributed by atoms with Gasteiger partial charge in [0.2, 0.25) is 0 Å². The second-order valence-corrected chi connectivity index (χ2v) is 3.90. The number of aromatic nitrogens is 1. The fourth-order valence-corrected chi connectivity index (χ4v) is 1.50. The molecule has 1 aromatic heterocycles. The molecule has 1 heterocycles. The maximum Gasteiger partial charge on any atom is 0.412 e. The van der Waals surface area contributed by atoms with Gasteiger partial charge in [-0.15, -0.1) is 0 Å². The van der Waals surface area contributed by atoms with Crippen LogP contribution in [0.2, 0.25) is 0 Å². The number of nitrogens with one attached hydrogen (secondary N) is 1. The van der Waals surface area contributed by atoms with Crippen molar-refractivity contribution in [1.29, 1.82) is 0 Å². The van der Waals surface area contributed by atoms with Gasteiger partial charge in [-0.3, -0.25) is 5.32 Å². The summed E-state index contributed by atoms with van der Waals surface area (Å²) in [6.45, 7) is 3.55. The van der Waals surface area contributed by atoms with E-state index in [0.717, 1.165) is 5.56 Å². The fourth-order valence-electron chi connectivity index (χ4n) is 1.50. The maximum absolute atomic E-state index is 11.6. The van der Waals surface area contributed by atoms with Crippen LogP contribution in [-0.4, -0.2) is 11.2 Å². The van der Waals surface area contributed by atoms with Gasteiger partial charge in [-0.25, -0.2) is 4.79 Å². The van der Waals surface area contributed by atoms with Gasteiger partial charge in [-0.1, -0.05) is 35.5 Å². The first kappa shape index (κ1) is 12.2. The van der Waals surface area contributed by atoms with E-state index in [-0.39, 0.29) is 6.10 Å². The second-order valence-electron chi connectivity index (χ2n) is 3.90. The van der Waals surface area contributed by atoms with Gasteiger partial charge in [0.25, 0.3) is 0 Å². The summed E-state index contributed by atoms with van der Waals surface area (Å²) in [6.07, 6.45) is 0.521. The van der Waals surface area contributed by atoms with Gasteiger partial charge in [0.1, 0.15) is 23.7 Å². The highest BCUT2D eigenvalue weighted by molar-refractivity contribution is 5.85. The quantitative estimate of drug-likeness (QED) is 0.902. The summed E-state index contributed by atoms with van der Waals surface area (Å²) in [5.74, 6) is 0. The van der Waals surface area contributed by atoms with Crippen molar-refractivity contribution in [3.63, 3.8) is 0 Å². The van der Waals surface area contributed by atoms with Gasteiger partial charge in [-0.05, 0) is 19.4 Å². The lowest BCUT2D eigenvalue weighted by Gasteiger charge is -2.13. The van der Waals surface area contributed by atoms with Crippen LogP contribution >= 0.6 is 0 Å². The molecule has 0 aliphatic rings. The average molecular weight is 246 g/mol. The summed E-state index contributed by atoms with van der Waals surface area (Å²) < 4.78 is 9.96. The van der Waals surface area contributed by atoms with E-state index in [1.54, 1.807) is 6.92 Å². The van der Waals surface area contributed by atoms with Crippen LogP contribution < -0.4 is 5.32 Å². The van der Waals surface area contributed by atoms with Crippen LogP contribution in [0.4, 0.5) is 10.5 Å². The van der Waals surface area contributed by atoms with E-state index < -0.39 is 6.09 Å². The zero-order valence-corrected chi connectivity index (χ0v) is 10.2. The Labute approximate surface area is 105 Å². The molecule has 1 aromatic carbocycles. The Balaban J connectivity index is 1.94. The van der Waals surface area contributed by atoms with Crippen molar-refractivity contribution in [2.45, 2.75) is 20.0 Å². The van der Waals surface area contributed by atoms with Crippen LogP contribution in [-0.2, 0) is 4.74 Å². The zero-order valence-electron chi connectivity index (χ0n) is 10.2. The first-order valence-electron chi connectivity index (χ1n) is 5.60. The van der Waals surface area contributed by atoms with Crippen molar-refractivity contribution in [2.24, 2.45) is 0 Å². The minimum Gasteiger partial charge on any atom is -0.441 e. The third-order valence-corrected chi connectivity index (χ3v) is 2.54. The number of anilines is 1. The number of benzene rings is 1. The largest absolute Gasteiger partial charge is 0.441 e. The van der Waals surface area contributed by atoms with Crippen molar-refractivity contribution >= 4 is 11.8 Å². The predicted molar refractivity (Wildman–Crippen MR) is 66.2 cm³/mol. The molecule has 0 saturated carbocycles. The molecule has 0 aliphatic heterocycles. The predicted octanol–water partition coefficient (Wildman–Crippen LogP) is 3.29. The normalized spacial score (nSPS) is 11.9. The van der Waals surface area contributed by atoms with Crippen LogP contribution in [0.1, 0.15) is 24.3 Å². The minimum absolute atomic E-state index is 0.314. The van der Waals surface area contributed by atoms with E-state index in [0.29, 0.717) is 11.4 Å². The van der Waals surface area contributed by atoms with Gasteiger partial charge in [0.05, 0.1) is 0 Å². The van der Waals surface area contributed by atoms with Crippen LogP contribution in [0.5, 0.6) is 0 Å². The van der Waals surface area contributed by atoms with Gasteiger partial charge in [0, 0.05) is 0 Å². The molecule has 1 amide bonds. The molecule has 0 bridgehead atoms. The topological polar surface area (TPSA) is 64.4 Å². The Hall–Kier alpha value is -2.30. The molecule has 2 aromatic rings. The number of rotatable bonds is 3. The van der Waals surface area contributed by atoms with Crippen molar-refractivity contribution in [1.82, 2.24) is 5.16 Å². The number of carbonyl (C=O) groups excluding carboxylic acids is 1.